The molecule has 2 rings (SSSR count). The molecular weight excluding hydrogens is 354 g/mol. The molecule has 1 N–H and O–H groups in total. The summed E-state index contributed by atoms with van der Waals surface area (Å²) < 4.78 is 10.8. The van der Waals surface area contributed by atoms with Gasteiger partial charge in [-0.15, -0.1) is 0 Å². The second-order valence-corrected chi connectivity index (χ2v) is 7.36. The van der Waals surface area contributed by atoms with Gasteiger partial charge in [-0.2, -0.15) is 0 Å². The van der Waals surface area contributed by atoms with Crippen LogP contribution >= 0.6 is 0 Å². The lowest BCUT2D eigenvalue weighted by Crippen LogP contribution is -2.40. The summed E-state index contributed by atoms with van der Waals surface area (Å²) in [6, 6.07) is 5.91. The number of aliphatic imine (C=N–C) groups is 1. The van der Waals surface area contributed by atoms with Gasteiger partial charge in [-0.25, -0.2) is 0 Å². The van der Waals surface area contributed by atoms with Gasteiger partial charge in [0.05, 0.1) is 14.2 Å². The molecule has 0 saturated carbocycles. The van der Waals surface area contributed by atoms with Crippen molar-refractivity contribution in [2.45, 2.75) is 19.4 Å². The van der Waals surface area contributed by atoms with E-state index < -0.39 is 0 Å². The lowest BCUT2D eigenvalue weighted by atomic mass is 10.2. The zero-order valence-electron chi connectivity index (χ0n) is 18.2. The van der Waals surface area contributed by atoms with Crippen LogP contribution in [-0.4, -0.2) is 95.3 Å². The normalized spacial score (nSPS) is 16.5. The summed E-state index contributed by atoms with van der Waals surface area (Å²) in [5, 5.41) is 3.49. The van der Waals surface area contributed by atoms with E-state index in [1.165, 1.54) is 32.6 Å². The summed E-state index contributed by atoms with van der Waals surface area (Å²) in [6.45, 7) is 7.52. The number of hydrogen-bond donors (Lipinski definition) is 1. The van der Waals surface area contributed by atoms with Crippen molar-refractivity contribution in [2.75, 3.05) is 74.6 Å². The molecule has 0 radical (unpaired) electrons. The van der Waals surface area contributed by atoms with Gasteiger partial charge in [0.25, 0.3) is 0 Å². The average Bonchev–Trinajstić information content (AvgIpc) is 2.92. The van der Waals surface area contributed by atoms with Crippen molar-refractivity contribution in [1.29, 1.82) is 0 Å². The topological polar surface area (TPSA) is 52.6 Å². The van der Waals surface area contributed by atoms with Crippen LogP contribution in [0.25, 0.3) is 0 Å². The number of likely N-dealkylation sites (N-methyl/N-ethyl adjacent to an activating group) is 1. The Hall–Kier alpha value is -1.99. The highest BCUT2D eigenvalue weighted by Crippen LogP contribution is 2.25. The highest BCUT2D eigenvalue weighted by molar-refractivity contribution is 5.79. The third kappa shape index (κ3) is 6.87. The molecule has 0 amide bonds. The molecule has 1 heterocycles. The Bertz CT molecular complexity index is 623. The van der Waals surface area contributed by atoms with E-state index in [0.717, 1.165) is 42.5 Å². The maximum atomic E-state index is 5.51. The standard InChI is InChI=1S/C21H37N5O2/c1-22-21(23-10-6-12-26-13-7-11-24(2)14-15-26)25(3)17-18-8-9-19(27-4)16-20(18)28-5/h8-9,16H,6-7,10-15,17H2,1-5H3,(H,22,23). The maximum absolute atomic E-state index is 5.51. The molecule has 0 unspecified atom stereocenters. The molecule has 0 atom stereocenters. The summed E-state index contributed by atoms with van der Waals surface area (Å²) in [7, 11) is 9.43. The van der Waals surface area contributed by atoms with Gasteiger partial charge in [0.1, 0.15) is 11.5 Å². The first-order valence-corrected chi connectivity index (χ1v) is 10.1. The molecule has 28 heavy (non-hydrogen) atoms. The molecule has 7 nitrogen and oxygen atoms in total. The van der Waals surface area contributed by atoms with Crippen LogP contribution in [0.15, 0.2) is 23.2 Å². The van der Waals surface area contributed by atoms with Gasteiger partial charge in [0.2, 0.25) is 0 Å². The molecule has 1 aromatic rings. The van der Waals surface area contributed by atoms with Gasteiger partial charge in [0, 0.05) is 51.9 Å². The van der Waals surface area contributed by atoms with Crippen molar-refractivity contribution >= 4 is 5.96 Å². The molecule has 7 heteroatoms. The maximum Gasteiger partial charge on any atom is 0.193 e. The monoisotopic (exact) mass is 391 g/mol. The number of nitrogens with one attached hydrogen (secondary N) is 1. The minimum Gasteiger partial charge on any atom is -0.497 e. The Morgan fingerprint density at radius 3 is 2.71 bits per heavy atom. The third-order valence-corrected chi connectivity index (χ3v) is 5.22. The van der Waals surface area contributed by atoms with Gasteiger partial charge in [-0.1, -0.05) is 0 Å². The first-order chi connectivity index (χ1) is 13.6. The molecule has 1 aliphatic heterocycles. The van der Waals surface area contributed by atoms with E-state index in [0.29, 0.717) is 6.54 Å². The van der Waals surface area contributed by atoms with Crippen LogP contribution in [0.1, 0.15) is 18.4 Å². The molecular formula is C21H37N5O2. The highest BCUT2D eigenvalue weighted by Gasteiger charge is 2.13. The number of hydrogen-bond acceptors (Lipinski definition) is 5. The lowest BCUT2D eigenvalue weighted by Gasteiger charge is -2.24. The fourth-order valence-corrected chi connectivity index (χ4v) is 3.52. The lowest BCUT2D eigenvalue weighted by molar-refractivity contribution is 0.273. The minimum absolute atomic E-state index is 0.714. The number of benzene rings is 1. The van der Waals surface area contributed by atoms with Crippen molar-refractivity contribution in [3.63, 3.8) is 0 Å². The van der Waals surface area contributed by atoms with E-state index in [4.69, 9.17) is 9.47 Å². The molecule has 1 saturated heterocycles. The SMILES string of the molecule is CN=C(NCCCN1CCCN(C)CC1)N(C)Cc1ccc(OC)cc1OC. The fraction of sp³-hybridized carbons (Fsp3) is 0.667. The Balaban J connectivity index is 1.79. The smallest absolute Gasteiger partial charge is 0.193 e. The molecule has 0 spiro atoms. The Morgan fingerprint density at radius 1 is 1.18 bits per heavy atom. The van der Waals surface area contributed by atoms with Crippen molar-refractivity contribution in [3.05, 3.63) is 23.8 Å². The van der Waals surface area contributed by atoms with Crippen LogP contribution in [0.4, 0.5) is 0 Å². The number of methoxy groups -OCH3 is 2. The van der Waals surface area contributed by atoms with Gasteiger partial charge < -0.3 is 29.5 Å². The zero-order chi connectivity index (χ0) is 20.4. The van der Waals surface area contributed by atoms with E-state index in [-0.39, 0.29) is 0 Å². The Kier molecular flexibility index (Phi) is 9.37. The predicted molar refractivity (Wildman–Crippen MR) is 116 cm³/mol. The van der Waals surface area contributed by atoms with Crippen LogP contribution in [0.2, 0.25) is 0 Å². The number of rotatable bonds is 8. The summed E-state index contributed by atoms with van der Waals surface area (Å²) >= 11 is 0. The predicted octanol–water partition coefficient (Wildman–Crippen LogP) is 1.74. The van der Waals surface area contributed by atoms with E-state index in [9.17, 15) is 0 Å². The molecule has 0 aliphatic carbocycles. The van der Waals surface area contributed by atoms with Crippen LogP contribution in [0.5, 0.6) is 11.5 Å². The summed E-state index contributed by atoms with van der Waals surface area (Å²) in [4.78, 5) is 11.5. The molecule has 158 valence electrons. The van der Waals surface area contributed by atoms with E-state index in [1.54, 1.807) is 14.2 Å². The van der Waals surface area contributed by atoms with E-state index in [2.05, 4.69) is 32.1 Å². The van der Waals surface area contributed by atoms with Crippen molar-refractivity contribution in [1.82, 2.24) is 20.0 Å². The van der Waals surface area contributed by atoms with Gasteiger partial charge >= 0.3 is 0 Å². The minimum atomic E-state index is 0.714. The summed E-state index contributed by atoms with van der Waals surface area (Å²) in [5.41, 5.74) is 1.10. The van der Waals surface area contributed by atoms with Crippen molar-refractivity contribution < 1.29 is 9.47 Å². The Labute approximate surface area is 170 Å². The third-order valence-electron chi connectivity index (χ3n) is 5.22. The summed E-state index contributed by atoms with van der Waals surface area (Å²) in [5.74, 6) is 2.52. The van der Waals surface area contributed by atoms with Gasteiger partial charge in [-0.05, 0) is 51.7 Å². The van der Waals surface area contributed by atoms with Crippen LogP contribution in [-0.2, 0) is 6.54 Å². The van der Waals surface area contributed by atoms with Crippen molar-refractivity contribution in [3.8, 4) is 11.5 Å². The zero-order valence-corrected chi connectivity index (χ0v) is 18.2. The first-order valence-electron chi connectivity index (χ1n) is 10.1. The molecule has 0 aromatic heterocycles. The second kappa shape index (κ2) is 11.8. The second-order valence-electron chi connectivity index (χ2n) is 7.36. The molecule has 1 aliphatic rings. The molecule has 1 aromatic carbocycles. The van der Waals surface area contributed by atoms with Crippen LogP contribution < -0.4 is 14.8 Å². The number of guanidine groups is 1. The molecule has 0 bridgehead atoms. The van der Waals surface area contributed by atoms with Crippen LogP contribution in [0, 0.1) is 0 Å². The van der Waals surface area contributed by atoms with Crippen molar-refractivity contribution in [2.24, 2.45) is 4.99 Å². The molecule has 1 fully saturated rings. The van der Waals surface area contributed by atoms with Gasteiger partial charge in [-0.3, -0.25) is 4.99 Å². The Morgan fingerprint density at radius 2 is 2.00 bits per heavy atom. The number of ether oxygens (including phenoxy) is 2. The quantitative estimate of drug-likeness (QED) is 0.414. The highest BCUT2D eigenvalue weighted by atomic mass is 16.5. The first kappa shape index (κ1) is 22.3. The largest absolute Gasteiger partial charge is 0.497 e. The van der Waals surface area contributed by atoms with E-state index >= 15 is 0 Å². The summed E-state index contributed by atoms with van der Waals surface area (Å²) in [6.07, 6.45) is 2.38. The fourth-order valence-electron chi connectivity index (χ4n) is 3.52. The average molecular weight is 392 g/mol. The van der Waals surface area contributed by atoms with E-state index in [1.807, 2.05) is 32.3 Å². The van der Waals surface area contributed by atoms with Gasteiger partial charge in [0.15, 0.2) is 5.96 Å². The van der Waals surface area contributed by atoms with Crippen LogP contribution in [0.3, 0.4) is 0 Å². The number of nitrogens with zero attached hydrogens (tertiary/aromatic N) is 4.